The van der Waals surface area contributed by atoms with E-state index in [1.54, 1.807) is 0 Å². The molecule has 3 rings (SSSR count). The lowest BCUT2D eigenvalue weighted by Gasteiger charge is -2.07. The summed E-state index contributed by atoms with van der Waals surface area (Å²) in [7, 11) is 1.42. The largest absolute Gasteiger partial charge is 0.489 e. The van der Waals surface area contributed by atoms with E-state index in [9.17, 15) is 4.79 Å². The Kier molecular flexibility index (Phi) is 4.85. The van der Waals surface area contributed by atoms with Crippen molar-refractivity contribution in [2.24, 2.45) is 0 Å². The minimum Gasteiger partial charge on any atom is -0.489 e. The summed E-state index contributed by atoms with van der Waals surface area (Å²) in [5.41, 5.74) is 4.41. The summed E-state index contributed by atoms with van der Waals surface area (Å²) in [6.07, 6.45) is 1.03. The maximum atomic E-state index is 11.4. The number of carbonyl (C=O) groups excluding carboxylic acids is 1. The van der Waals surface area contributed by atoms with Gasteiger partial charge in [-0.25, -0.2) is 0 Å². The van der Waals surface area contributed by atoms with E-state index in [4.69, 9.17) is 9.47 Å². The second kappa shape index (κ2) is 7.21. The lowest BCUT2D eigenvalue weighted by Crippen LogP contribution is -2.02. The third kappa shape index (κ3) is 3.59. The summed E-state index contributed by atoms with van der Waals surface area (Å²) in [6.45, 7) is 2.56. The van der Waals surface area contributed by atoms with Gasteiger partial charge < -0.3 is 14.5 Å². The van der Waals surface area contributed by atoms with E-state index in [0.717, 1.165) is 33.5 Å². The van der Waals surface area contributed by atoms with Gasteiger partial charge in [-0.05, 0) is 42.7 Å². The molecular weight excluding hydrogens is 302 g/mol. The number of H-pyrrole nitrogens is 1. The summed E-state index contributed by atoms with van der Waals surface area (Å²) in [5, 5.41) is 1.10. The summed E-state index contributed by atoms with van der Waals surface area (Å²) in [4.78, 5) is 14.8. The van der Waals surface area contributed by atoms with Gasteiger partial charge in [-0.3, -0.25) is 4.79 Å². The van der Waals surface area contributed by atoms with Crippen LogP contribution in [0.3, 0.4) is 0 Å². The number of fused-ring (bicyclic) bond motifs is 1. The van der Waals surface area contributed by atoms with Crippen LogP contribution >= 0.6 is 0 Å². The molecule has 124 valence electrons. The van der Waals surface area contributed by atoms with Crippen LogP contribution in [-0.4, -0.2) is 18.1 Å². The van der Waals surface area contributed by atoms with Crippen molar-refractivity contribution in [1.82, 2.24) is 4.98 Å². The average Bonchev–Trinajstić information content (AvgIpc) is 2.93. The highest BCUT2D eigenvalue weighted by Crippen LogP contribution is 2.28. The molecule has 3 aromatic rings. The Morgan fingerprint density at radius 1 is 1.12 bits per heavy atom. The molecule has 0 amide bonds. The van der Waals surface area contributed by atoms with Crippen molar-refractivity contribution >= 4 is 16.9 Å². The SMILES string of the molecule is COC(=O)CCc1c(C)[nH]c2ccc(OCc3ccccc3)cc12. The third-order valence-corrected chi connectivity index (χ3v) is 4.15. The molecule has 0 fully saturated rings. The van der Waals surface area contributed by atoms with Gasteiger partial charge in [0.25, 0.3) is 0 Å². The van der Waals surface area contributed by atoms with Crippen LogP contribution in [0.25, 0.3) is 10.9 Å². The topological polar surface area (TPSA) is 51.3 Å². The van der Waals surface area contributed by atoms with E-state index in [-0.39, 0.29) is 5.97 Å². The number of ether oxygens (including phenoxy) is 2. The Hall–Kier alpha value is -2.75. The zero-order valence-electron chi connectivity index (χ0n) is 14.0. The van der Waals surface area contributed by atoms with Gasteiger partial charge in [-0.15, -0.1) is 0 Å². The number of nitrogens with one attached hydrogen (secondary N) is 1. The first-order valence-corrected chi connectivity index (χ1v) is 8.02. The molecular formula is C20H21NO3. The lowest BCUT2D eigenvalue weighted by atomic mass is 10.1. The number of hydrogen-bond donors (Lipinski definition) is 1. The van der Waals surface area contributed by atoms with Gasteiger partial charge in [0.1, 0.15) is 12.4 Å². The van der Waals surface area contributed by atoms with Crippen LogP contribution in [0.4, 0.5) is 0 Å². The van der Waals surface area contributed by atoms with E-state index >= 15 is 0 Å². The second-order valence-corrected chi connectivity index (χ2v) is 5.79. The van der Waals surface area contributed by atoms with Crippen molar-refractivity contribution in [3.63, 3.8) is 0 Å². The molecule has 1 N–H and O–H groups in total. The Balaban J connectivity index is 1.79. The molecule has 1 aromatic heterocycles. The maximum absolute atomic E-state index is 11.4. The summed E-state index contributed by atoms with van der Waals surface area (Å²) >= 11 is 0. The number of hydrogen-bond acceptors (Lipinski definition) is 3. The summed E-state index contributed by atoms with van der Waals surface area (Å²) in [5.74, 6) is 0.630. The number of carbonyl (C=O) groups is 1. The fourth-order valence-electron chi connectivity index (χ4n) is 2.84. The minimum absolute atomic E-state index is 0.194. The zero-order chi connectivity index (χ0) is 16.9. The molecule has 1 heterocycles. The number of aryl methyl sites for hydroxylation is 2. The first-order chi connectivity index (χ1) is 11.7. The molecule has 4 nitrogen and oxygen atoms in total. The van der Waals surface area contributed by atoms with Gasteiger partial charge in [0.05, 0.1) is 7.11 Å². The summed E-state index contributed by atoms with van der Waals surface area (Å²) in [6, 6.07) is 16.1. The Bertz CT molecular complexity index is 837. The Morgan fingerprint density at radius 2 is 1.92 bits per heavy atom. The molecule has 4 heteroatoms. The lowest BCUT2D eigenvalue weighted by molar-refractivity contribution is -0.140. The molecule has 0 radical (unpaired) electrons. The van der Waals surface area contributed by atoms with Gasteiger partial charge >= 0.3 is 5.97 Å². The molecule has 0 spiro atoms. The first-order valence-electron chi connectivity index (χ1n) is 8.02. The van der Waals surface area contributed by atoms with E-state index in [1.165, 1.54) is 7.11 Å². The number of benzene rings is 2. The smallest absolute Gasteiger partial charge is 0.305 e. The highest BCUT2D eigenvalue weighted by atomic mass is 16.5. The van der Waals surface area contributed by atoms with Crippen LogP contribution in [0.5, 0.6) is 5.75 Å². The number of aromatic nitrogens is 1. The van der Waals surface area contributed by atoms with Crippen LogP contribution < -0.4 is 4.74 Å². The van der Waals surface area contributed by atoms with Crippen molar-refractivity contribution < 1.29 is 14.3 Å². The predicted octanol–water partition coefficient (Wildman–Crippen LogP) is 4.16. The highest BCUT2D eigenvalue weighted by molar-refractivity contribution is 5.86. The molecule has 0 saturated carbocycles. The molecule has 0 bridgehead atoms. The second-order valence-electron chi connectivity index (χ2n) is 5.79. The number of esters is 1. The molecule has 24 heavy (non-hydrogen) atoms. The van der Waals surface area contributed by atoms with Gasteiger partial charge in [-0.2, -0.15) is 0 Å². The van der Waals surface area contributed by atoms with Crippen LogP contribution in [0.15, 0.2) is 48.5 Å². The molecule has 0 aliphatic heterocycles. The van der Waals surface area contributed by atoms with Crippen molar-refractivity contribution in [1.29, 1.82) is 0 Å². The quantitative estimate of drug-likeness (QED) is 0.693. The van der Waals surface area contributed by atoms with E-state index in [0.29, 0.717) is 19.4 Å². The van der Waals surface area contributed by atoms with Crippen LogP contribution in [0, 0.1) is 6.92 Å². The molecule has 2 aromatic carbocycles. The van der Waals surface area contributed by atoms with Gasteiger partial charge in [0.15, 0.2) is 0 Å². The van der Waals surface area contributed by atoms with Crippen LogP contribution in [-0.2, 0) is 22.6 Å². The fourth-order valence-corrected chi connectivity index (χ4v) is 2.84. The number of rotatable bonds is 6. The monoisotopic (exact) mass is 323 g/mol. The Morgan fingerprint density at radius 3 is 2.67 bits per heavy atom. The van der Waals surface area contributed by atoms with Crippen molar-refractivity contribution in [3.8, 4) is 5.75 Å². The first kappa shape index (κ1) is 16.1. The molecule has 0 atom stereocenters. The normalized spacial score (nSPS) is 10.8. The van der Waals surface area contributed by atoms with Crippen molar-refractivity contribution in [2.45, 2.75) is 26.4 Å². The van der Waals surface area contributed by atoms with Gasteiger partial charge in [-0.1, -0.05) is 30.3 Å². The standard InChI is InChI=1S/C20H21NO3/c1-14-17(9-11-20(22)23-2)18-12-16(8-10-19(18)21-14)24-13-15-6-4-3-5-7-15/h3-8,10,12,21H,9,11,13H2,1-2H3. The Labute approximate surface area is 141 Å². The van der Waals surface area contributed by atoms with Crippen LogP contribution in [0.1, 0.15) is 23.2 Å². The fraction of sp³-hybridized carbons (Fsp3) is 0.250. The molecule has 0 aliphatic carbocycles. The van der Waals surface area contributed by atoms with E-state index < -0.39 is 0 Å². The van der Waals surface area contributed by atoms with Gasteiger partial charge in [0.2, 0.25) is 0 Å². The van der Waals surface area contributed by atoms with Crippen LogP contribution in [0.2, 0.25) is 0 Å². The third-order valence-electron chi connectivity index (χ3n) is 4.15. The van der Waals surface area contributed by atoms with Gasteiger partial charge in [0, 0.05) is 23.0 Å². The highest BCUT2D eigenvalue weighted by Gasteiger charge is 2.11. The average molecular weight is 323 g/mol. The zero-order valence-corrected chi connectivity index (χ0v) is 14.0. The molecule has 0 aliphatic rings. The maximum Gasteiger partial charge on any atom is 0.305 e. The van der Waals surface area contributed by atoms with E-state index in [2.05, 4.69) is 4.98 Å². The van der Waals surface area contributed by atoms with Crippen molar-refractivity contribution in [3.05, 3.63) is 65.4 Å². The molecule has 0 unspecified atom stereocenters. The number of methoxy groups -OCH3 is 1. The summed E-state index contributed by atoms with van der Waals surface area (Å²) < 4.78 is 10.6. The predicted molar refractivity (Wildman–Crippen MR) is 94.1 cm³/mol. The molecule has 0 saturated heterocycles. The van der Waals surface area contributed by atoms with E-state index in [1.807, 2.05) is 55.5 Å². The number of aromatic amines is 1. The minimum atomic E-state index is -0.194. The van der Waals surface area contributed by atoms with Crippen molar-refractivity contribution in [2.75, 3.05) is 7.11 Å².